The highest BCUT2D eigenvalue weighted by molar-refractivity contribution is 7.98. The summed E-state index contributed by atoms with van der Waals surface area (Å²) in [4.78, 5) is 13.9. The van der Waals surface area contributed by atoms with Crippen LogP contribution in [0.2, 0.25) is 0 Å². The third-order valence-electron chi connectivity index (χ3n) is 4.81. The average Bonchev–Trinajstić information content (AvgIpc) is 2.76. The van der Waals surface area contributed by atoms with Gasteiger partial charge in [-0.25, -0.2) is 13.5 Å². The number of hydrogen-bond acceptors (Lipinski definition) is 3. The van der Waals surface area contributed by atoms with Crippen LogP contribution in [0.4, 0.5) is 8.78 Å². The Morgan fingerprint density at radius 2 is 1.63 bits per heavy atom. The summed E-state index contributed by atoms with van der Waals surface area (Å²) >= 11 is 1.31. The molecule has 0 atom stereocenters. The van der Waals surface area contributed by atoms with Gasteiger partial charge in [0.25, 0.3) is 5.56 Å². The van der Waals surface area contributed by atoms with E-state index in [1.54, 1.807) is 36.7 Å². The molecular formula is C24H18F2N2OS. The molecule has 4 rings (SSSR count). The Balaban J connectivity index is 1.89. The second-order valence-corrected chi connectivity index (χ2v) is 7.59. The van der Waals surface area contributed by atoms with Gasteiger partial charge in [0.15, 0.2) is 0 Å². The van der Waals surface area contributed by atoms with Crippen molar-refractivity contribution >= 4 is 11.8 Å². The van der Waals surface area contributed by atoms with Gasteiger partial charge in [0.2, 0.25) is 0 Å². The standard InChI is InChI=1S/C24H18F2N2OS/c1-30-22-12-9-18(13-21(22)26)20-14-27-28(15-16-5-3-2-4-6-16)24(29)23(20)17-7-10-19(25)11-8-17/h2-14H,15H2,1H3. The van der Waals surface area contributed by atoms with Crippen molar-refractivity contribution in [3.05, 3.63) is 107 Å². The summed E-state index contributed by atoms with van der Waals surface area (Å²) < 4.78 is 29.3. The molecule has 0 bridgehead atoms. The molecule has 3 aromatic carbocycles. The lowest BCUT2D eigenvalue weighted by Crippen LogP contribution is -2.25. The van der Waals surface area contributed by atoms with E-state index in [9.17, 15) is 13.6 Å². The summed E-state index contributed by atoms with van der Waals surface area (Å²) in [6.45, 7) is 0.300. The molecule has 0 aliphatic rings. The maximum Gasteiger partial charge on any atom is 0.275 e. The van der Waals surface area contributed by atoms with Crippen LogP contribution in [0, 0.1) is 11.6 Å². The summed E-state index contributed by atoms with van der Waals surface area (Å²) in [6, 6.07) is 20.1. The molecule has 0 aliphatic heterocycles. The number of thioether (sulfide) groups is 1. The van der Waals surface area contributed by atoms with Crippen LogP contribution in [0.5, 0.6) is 0 Å². The second kappa shape index (κ2) is 8.63. The third kappa shape index (κ3) is 4.04. The molecule has 150 valence electrons. The van der Waals surface area contributed by atoms with Gasteiger partial charge in [0.05, 0.1) is 18.3 Å². The van der Waals surface area contributed by atoms with E-state index in [-0.39, 0.29) is 11.4 Å². The van der Waals surface area contributed by atoms with Crippen molar-refractivity contribution in [2.45, 2.75) is 11.4 Å². The fourth-order valence-electron chi connectivity index (χ4n) is 3.31. The first-order valence-corrected chi connectivity index (χ1v) is 10.5. The quantitative estimate of drug-likeness (QED) is 0.393. The van der Waals surface area contributed by atoms with Crippen LogP contribution in [-0.4, -0.2) is 16.0 Å². The Morgan fingerprint density at radius 1 is 0.933 bits per heavy atom. The van der Waals surface area contributed by atoms with Crippen LogP contribution >= 0.6 is 11.8 Å². The molecule has 0 spiro atoms. The Bertz CT molecular complexity index is 1240. The normalized spacial score (nSPS) is 10.9. The highest BCUT2D eigenvalue weighted by Crippen LogP contribution is 2.31. The molecule has 3 nitrogen and oxygen atoms in total. The zero-order valence-corrected chi connectivity index (χ0v) is 17.0. The largest absolute Gasteiger partial charge is 0.275 e. The van der Waals surface area contributed by atoms with E-state index in [1.165, 1.54) is 34.6 Å². The van der Waals surface area contributed by atoms with E-state index in [4.69, 9.17) is 0 Å². The Labute approximate surface area is 177 Å². The number of halogens is 2. The molecule has 0 N–H and O–H groups in total. The number of rotatable bonds is 5. The molecule has 30 heavy (non-hydrogen) atoms. The van der Waals surface area contributed by atoms with Crippen LogP contribution < -0.4 is 5.56 Å². The SMILES string of the molecule is CSc1ccc(-c2cnn(Cc3ccccc3)c(=O)c2-c2ccc(F)cc2)cc1F. The molecule has 0 aliphatic carbocycles. The molecule has 0 amide bonds. The van der Waals surface area contributed by atoms with Crippen molar-refractivity contribution in [3.63, 3.8) is 0 Å². The predicted octanol–water partition coefficient (Wildman–Crippen LogP) is 5.63. The van der Waals surface area contributed by atoms with E-state index >= 15 is 0 Å². The molecule has 1 aromatic heterocycles. The molecule has 4 aromatic rings. The Hall–Kier alpha value is -3.25. The van der Waals surface area contributed by atoms with Crippen LogP contribution in [0.1, 0.15) is 5.56 Å². The van der Waals surface area contributed by atoms with Crippen LogP contribution in [0.25, 0.3) is 22.3 Å². The van der Waals surface area contributed by atoms with Crippen LogP contribution in [-0.2, 0) is 6.54 Å². The van der Waals surface area contributed by atoms with Crippen molar-refractivity contribution < 1.29 is 8.78 Å². The molecule has 0 saturated carbocycles. The van der Waals surface area contributed by atoms with Crippen molar-refractivity contribution in [1.29, 1.82) is 0 Å². The molecule has 0 unspecified atom stereocenters. The fraction of sp³-hybridized carbons (Fsp3) is 0.0833. The van der Waals surface area contributed by atoms with Gasteiger partial charge < -0.3 is 0 Å². The first-order chi connectivity index (χ1) is 14.6. The maximum absolute atomic E-state index is 14.4. The minimum absolute atomic E-state index is 0.300. The number of benzene rings is 3. The first-order valence-electron chi connectivity index (χ1n) is 9.30. The van der Waals surface area contributed by atoms with Gasteiger partial charge in [0, 0.05) is 10.5 Å². The maximum atomic E-state index is 14.4. The zero-order valence-electron chi connectivity index (χ0n) is 16.2. The Morgan fingerprint density at radius 3 is 2.30 bits per heavy atom. The molecule has 0 fully saturated rings. The topological polar surface area (TPSA) is 34.9 Å². The molecule has 0 radical (unpaired) electrons. The van der Waals surface area contributed by atoms with Gasteiger partial charge in [-0.05, 0) is 47.2 Å². The molecule has 1 heterocycles. The lowest BCUT2D eigenvalue weighted by atomic mass is 9.97. The van der Waals surface area contributed by atoms with E-state index in [2.05, 4.69) is 5.10 Å². The van der Waals surface area contributed by atoms with E-state index in [1.807, 2.05) is 30.3 Å². The highest BCUT2D eigenvalue weighted by atomic mass is 32.2. The molecule has 6 heteroatoms. The zero-order chi connectivity index (χ0) is 21.1. The summed E-state index contributed by atoms with van der Waals surface area (Å²) in [6.07, 6.45) is 3.37. The van der Waals surface area contributed by atoms with Crippen molar-refractivity contribution in [2.24, 2.45) is 0 Å². The first kappa shape index (κ1) is 20.0. The lowest BCUT2D eigenvalue weighted by Gasteiger charge is -2.13. The third-order valence-corrected chi connectivity index (χ3v) is 5.59. The predicted molar refractivity (Wildman–Crippen MR) is 117 cm³/mol. The Kier molecular flexibility index (Phi) is 5.77. The summed E-state index contributed by atoms with van der Waals surface area (Å²) in [5, 5.41) is 4.33. The fourth-order valence-corrected chi connectivity index (χ4v) is 3.76. The van der Waals surface area contributed by atoms with E-state index < -0.39 is 5.82 Å². The van der Waals surface area contributed by atoms with Gasteiger partial charge in [-0.1, -0.05) is 48.5 Å². The minimum Gasteiger partial charge on any atom is -0.267 e. The minimum atomic E-state index is -0.394. The van der Waals surface area contributed by atoms with Gasteiger partial charge in [0.1, 0.15) is 11.6 Å². The summed E-state index contributed by atoms with van der Waals surface area (Å²) in [5.41, 5.74) is 2.56. The van der Waals surface area contributed by atoms with Gasteiger partial charge in [-0.2, -0.15) is 5.10 Å². The lowest BCUT2D eigenvalue weighted by molar-refractivity contribution is 0.602. The summed E-state index contributed by atoms with van der Waals surface area (Å²) in [7, 11) is 0. The molecular weight excluding hydrogens is 402 g/mol. The molecule has 0 saturated heterocycles. The van der Waals surface area contributed by atoms with Crippen molar-refractivity contribution in [1.82, 2.24) is 9.78 Å². The van der Waals surface area contributed by atoms with E-state index in [0.29, 0.717) is 33.7 Å². The smallest absolute Gasteiger partial charge is 0.267 e. The average molecular weight is 420 g/mol. The number of hydrogen-bond donors (Lipinski definition) is 0. The van der Waals surface area contributed by atoms with Gasteiger partial charge >= 0.3 is 0 Å². The van der Waals surface area contributed by atoms with Crippen molar-refractivity contribution in [3.8, 4) is 22.3 Å². The van der Waals surface area contributed by atoms with Gasteiger partial charge in [-0.3, -0.25) is 4.79 Å². The number of aromatic nitrogens is 2. The van der Waals surface area contributed by atoms with E-state index in [0.717, 1.165) is 5.56 Å². The number of nitrogens with zero attached hydrogens (tertiary/aromatic N) is 2. The highest BCUT2D eigenvalue weighted by Gasteiger charge is 2.17. The van der Waals surface area contributed by atoms with Crippen LogP contribution in [0.3, 0.4) is 0 Å². The van der Waals surface area contributed by atoms with Crippen molar-refractivity contribution in [2.75, 3.05) is 6.26 Å². The second-order valence-electron chi connectivity index (χ2n) is 6.74. The monoisotopic (exact) mass is 420 g/mol. The van der Waals surface area contributed by atoms with Crippen LogP contribution in [0.15, 0.2) is 88.7 Å². The van der Waals surface area contributed by atoms with Gasteiger partial charge in [-0.15, -0.1) is 11.8 Å². The summed E-state index contributed by atoms with van der Waals surface area (Å²) in [5.74, 6) is -0.757.